The number of nitrogens with one attached hydrogen (secondary N) is 1. The molecular weight excluding hydrogens is 602 g/mol. The fourth-order valence-electron chi connectivity index (χ4n) is 5.46. The third-order valence-electron chi connectivity index (χ3n) is 7.67. The summed E-state index contributed by atoms with van der Waals surface area (Å²) in [6, 6.07) is 25.9. The van der Waals surface area contributed by atoms with Crippen molar-refractivity contribution in [2.45, 2.75) is 44.7 Å². The molecule has 1 N–H and O–H groups in total. The van der Waals surface area contributed by atoms with Crippen molar-refractivity contribution in [3.8, 4) is 11.5 Å². The summed E-state index contributed by atoms with van der Waals surface area (Å²) < 4.78 is 40.6. The number of ether oxygens (including phenoxy) is 2. The Hall–Kier alpha value is -4.83. The van der Waals surface area contributed by atoms with Gasteiger partial charge in [-0.05, 0) is 67.3 Å². The minimum Gasteiger partial charge on any atom is -0.493 e. The van der Waals surface area contributed by atoms with Crippen LogP contribution in [0.1, 0.15) is 27.8 Å². The summed E-state index contributed by atoms with van der Waals surface area (Å²) in [5.74, 6) is -0.284. The number of carbonyl (C=O) groups is 2. The van der Waals surface area contributed by atoms with Gasteiger partial charge in [0, 0.05) is 26.1 Å². The highest BCUT2D eigenvalue weighted by Gasteiger charge is 2.35. The van der Waals surface area contributed by atoms with Crippen molar-refractivity contribution in [2.75, 3.05) is 32.1 Å². The van der Waals surface area contributed by atoms with Crippen LogP contribution in [0.25, 0.3) is 0 Å². The van der Waals surface area contributed by atoms with E-state index in [9.17, 15) is 18.0 Å². The van der Waals surface area contributed by atoms with Gasteiger partial charge in [0.1, 0.15) is 12.6 Å². The van der Waals surface area contributed by atoms with Crippen LogP contribution < -0.4 is 19.1 Å². The lowest BCUT2D eigenvalue weighted by atomic mass is 10.0. The summed E-state index contributed by atoms with van der Waals surface area (Å²) in [6.07, 6.45) is 0.240. The van der Waals surface area contributed by atoms with Gasteiger partial charge in [-0.3, -0.25) is 13.9 Å². The number of amides is 2. The summed E-state index contributed by atoms with van der Waals surface area (Å²) in [4.78, 5) is 29.4. The Labute approximate surface area is 271 Å². The van der Waals surface area contributed by atoms with Gasteiger partial charge in [0.2, 0.25) is 11.8 Å². The summed E-state index contributed by atoms with van der Waals surface area (Å²) in [5, 5.41) is 2.71. The predicted octanol–water partition coefficient (Wildman–Crippen LogP) is 5.21. The number of methoxy groups -OCH3 is 2. The normalized spacial score (nSPS) is 11.8. The molecule has 0 aromatic heterocycles. The molecule has 4 aromatic rings. The Morgan fingerprint density at radius 1 is 0.761 bits per heavy atom. The molecule has 0 aliphatic heterocycles. The molecule has 0 spiro atoms. The second-order valence-electron chi connectivity index (χ2n) is 11.2. The number of carbonyl (C=O) groups excluding carboxylic acids is 2. The number of sulfonamides is 1. The van der Waals surface area contributed by atoms with E-state index in [0.717, 1.165) is 32.1 Å². The van der Waals surface area contributed by atoms with E-state index in [-0.39, 0.29) is 29.5 Å². The van der Waals surface area contributed by atoms with Crippen molar-refractivity contribution < 1.29 is 27.5 Å². The first-order chi connectivity index (χ1) is 22.0. The number of anilines is 1. The maximum Gasteiger partial charge on any atom is 0.264 e. The van der Waals surface area contributed by atoms with Crippen LogP contribution in [0.2, 0.25) is 0 Å². The van der Waals surface area contributed by atoms with Gasteiger partial charge in [-0.15, -0.1) is 0 Å². The van der Waals surface area contributed by atoms with Crippen molar-refractivity contribution in [2.24, 2.45) is 0 Å². The Bertz CT molecular complexity index is 1770. The van der Waals surface area contributed by atoms with Gasteiger partial charge < -0.3 is 19.7 Å². The molecule has 4 aromatic carbocycles. The molecule has 0 saturated heterocycles. The van der Waals surface area contributed by atoms with Crippen molar-refractivity contribution in [1.82, 2.24) is 10.2 Å². The number of benzene rings is 4. The van der Waals surface area contributed by atoms with Crippen molar-refractivity contribution in [3.63, 3.8) is 0 Å². The molecule has 10 heteroatoms. The van der Waals surface area contributed by atoms with E-state index >= 15 is 0 Å². The Balaban J connectivity index is 1.84. The average molecular weight is 644 g/mol. The highest BCUT2D eigenvalue weighted by Crippen LogP contribution is 2.33. The molecule has 0 heterocycles. The summed E-state index contributed by atoms with van der Waals surface area (Å²) in [7, 11) is 0.104. The van der Waals surface area contributed by atoms with Crippen LogP contribution in [0, 0.1) is 20.8 Å². The maximum absolute atomic E-state index is 14.5. The summed E-state index contributed by atoms with van der Waals surface area (Å²) in [5.41, 5.74) is 4.67. The molecule has 0 unspecified atom stereocenters. The molecule has 1 atom stereocenters. The minimum atomic E-state index is -4.31. The van der Waals surface area contributed by atoms with Gasteiger partial charge in [0.15, 0.2) is 11.5 Å². The smallest absolute Gasteiger partial charge is 0.264 e. The average Bonchev–Trinajstić information content (AvgIpc) is 3.04. The van der Waals surface area contributed by atoms with Crippen LogP contribution in [-0.2, 0) is 32.6 Å². The van der Waals surface area contributed by atoms with E-state index < -0.39 is 28.5 Å². The van der Waals surface area contributed by atoms with Crippen LogP contribution >= 0.6 is 0 Å². The molecule has 242 valence electrons. The number of aryl methyl sites for hydroxylation is 3. The largest absolute Gasteiger partial charge is 0.493 e. The lowest BCUT2D eigenvalue weighted by Gasteiger charge is -2.34. The van der Waals surface area contributed by atoms with E-state index in [1.54, 1.807) is 12.1 Å². The van der Waals surface area contributed by atoms with E-state index in [4.69, 9.17) is 9.47 Å². The highest BCUT2D eigenvalue weighted by molar-refractivity contribution is 7.92. The molecule has 9 nitrogen and oxygen atoms in total. The number of hydrogen-bond acceptors (Lipinski definition) is 6. The van der Waals surface area contributed by atoms with Gasteiger partial charge in [0.05, 0.1) is 24.8 Å². The fourth-order valence-corrected chi connectivity index (χ4v) is 6.87. The lowest BCUT2D eigenvalue weighted by Crippen LogP contribution is -2.53. The first-order valence-corrected chi connectivity index (χ1v) is 16.3. The highest BCUT2D eigenvalue weighted by atomic mass is 32.2. The summed E-state index contributed by atoms with van der Waals surface area (Å²) in [6.45, 7) is 5.24. The lowest BCUT2D eigenvalue weighted by molar-refractivity contribution is -0.139. The number of likely N-dealkylation sites (N-methyl/N-ethyl adjacent to an activating group) is 1. The zero-order valence-electron chi connectivity index (χ0n) is 27.1. The minimum absolute atomic E-state index is 0.0746. The summed E-state index contributed by atoms with van der Waals surface area (Å²) >= 11 is 0. The molecule has 46 heavy (non-hydrogen) atoms. The first kappa shape index (κ1) is 34.1. The number of rotatable bonds is 13. The molecular formula is C36H41N3O6S. The van der Waals surface area contributed by atoms with E-state index in [2.05, 4.69) is 5.32 Å². The number of nitrogens with zero attached hydrogens (tertiary/aromatic N) is 2. The topological polar surface area (TPSA) is 105 Å². The predicted molar refractivity (Wildman–Crippen MR) is 180 cm³/mol. The van der Waals surface area contributed by atoms with E-state index in [1.807, 2.05) is 81.4 Å². The molecule has 0 radical (unpaired) electrons. The molecule has 0 aliphatic carbocycles. The van der Waals surface area contributed by atoms with Gasteiger partial charge in [0.25, 0.3) is 10.0 Å². The molecule has 0 bridgehead atoms. The van der Waals surface area contributed by atoms with E-state index in [1.165, 1.54) is 44.4 Å². The molecule has 0 saturated carbocycles. The molecule has 0 aliphatic rings. The standard InChI is InChI=1S/C36H41N3O6S/c1-25-11-10-14-29(18-25)23-38(32(36(41)37-4)21-28-12-8-7-9-13-28)35(40)24-39(30-19-26(2)17-27(3)20-30)46(42,43)31-15-16-33(44-5)34(22-31)45-6/h7-20,22,32H,21,23-24H2,1-6H3,(H,37,41)/t32-/m1/s1. The van der Waals surface area contributed by atoms with Crippen LogP contribution in [0.15, 0.2) is 95.9 Å². The van der Waals surface area contributed by atoms with Crippen molar-refractivity contribution in [1.29, 1.82) is 0 Å². The maximum atomic E-state index is 14.5. The van der Waals surface area contributed by atoms with E-state index in [0.29, 0.717) is 11.4 Å². The van der Waals surface area contributed by atoms with Crippen molar-refractivity contribution >= 4 is 27.5 Å². The van der Waals surface area contributed by atoms with Crippen molar-refractivity contribution in [3.05, 3.63) is 119 Å². The Kier molecular flexibility index (Phi) is 11.1. The SMILES string of the molecule is CNC(=O)[C@@H](Cc1ccccc1)N(Cc1cccc(C)c1)C(=O)CN(c1cc(C)cc(C)c1)S(=O)(=O)c1ccc(OC)c(OC)c1. The van der Waals surface area contributed by atoms with Gasteiger partial charge >= 0.3 is 0 Å². The first-order valence-electron chi connectivity index (χ1n) is 14.9. The fraction of sp³-hybridized carbons (Fsp3) is 0.278. The Morgan fingerprint density at radius 2 is 1.41 bits per heavy atom. The van der Waals surface area contributed by atoms with Crippen LogP contribution in [0.4, 0.5) is 5.69 Å². The second kappa shape index (κ2) is 15.0. The van der Waals surface area contributed by atoms with Gasteiger partial charge in [-0.1, -0.05) is 66.2 Å². The van der Waals surface area contributed by atoms with Gasteiger partial charge in [-0.25, -0.2) is 8.42 Å². The monoisotopic (exact) mass is 643 g/mol. The third-order valence-corrected chi connectivity index (χ3v) is 9.44. The zero-order valence-corrected chi connectivity index (χ0v) is 27.9. The van der Waals surface area contributed by atoms with Crippen LogP contribution in [0.5, 0.6) is 11.5 Å². The third kappa shape index (κ3) is 8.06. The molecule has 2 amide bonds. The zero-order chi connectivity index (χ0) is 33.4. The van der Waals surface area contributed by atoms with Crippen LogP contribution in [-0.4, -0.2) is 59.0 Å². The second-order valence-corrected chi connectivity index (χ2v) is 13.1. The van der Waals surface area contributed by atoms with Gasteiger partial charge in [-0.2, -0.15) is 0 Å². The quantitative estimate of drug-likeness (QED) is 0.215. The van der Waals surface area contributed by atoms with Crippen LogP contribution in [0.3, 0.4) is 0 Å². The molecule has 4 rings (SSSR count). The Morgan fingerprint density at radius 3 is 2.02 bits per heavy atom. The number of hydrogen-bond donors (Lipinski definition) is 1. The molecule has 0 fully saturated rings.